The average Bonchev–Trinajstić information content (AvgIpc) is 2.76. The zero-order valence-electron chi connectivity index (χ0n) is 13.2. The highest BCUT2D eigenvalue weighted by atomic mass is 16.5. The Morgan fingerprint density at radius 1 is 1.35 bits per heavy atom. The Kier molecular flexibility index (Phi) is 5.35. The van der Waals surface area contributed by atoms with E-state index in [-0.39, 0.29) is 0 Å². The summed E-state index contributed by atoms with van der Waals surface area (Å²) in [7, 11) is 0. The molecule has 2 heterocycles. The Bertz CT molecular complexity index is 405. The van der Waals surface area contributed by atoms with Gasteiger partial charge in [0.25, 0.3) is 0 Å². The zero-order valence-corrected chi connectivity index (χ0v) is 13.2. The number of rotatable bonds is 6. The molecular formula is C16H27N3O. The molecule has 2 atom stereocenters. The van der Waals surface area contributed by atoms with Gasteiger partial charge in [0.15, 0.2) is 0 Å². The molecule has 1 aromatic heterocycles. The van der Waals surface area contributed by atoms with Crippen molar-refractivity contribution in [1.82, 2.24) is 14.9 Å². The van der Waals surface area contributed by atoms with Gasteiger partial charge in [0, 0.05) is 18.5 Å². The van der Waals surface area contributed by atoms with E-state index in [0.717, 1.165) is 24.8 Å². The van der Waals surface area contributed by atoms with Crippen molar-refractivity contribution in [2.24, 2.45) is 11.8 Å². The first-order valence-electron chi connectivity index (χ1n) is 7.70. The van der Waals surface area contributed by atoms with Crippen LogP contribution in [0, 0.1) is 18.8 Å². The molecule has 112 valence electrons. The molecule has 2 rings (SSSR count). The van der Waals surface area contributed by atoms with Gasteiger partial charge in [-0.2, -0.15) is 0 Å². The first kappa shape index (κ1) is 15.2. The number of nitrogens with zero attached hydrogens (tertiary/aromatic N) is 3. The molecule has 0 radical (unpaired) electrons. The highest BCUT2D eigenvalue weighted by Crippen LogP contribution is 2.24. The molecule has 1 aliphatic heterocycles. The lowest BCUT2D eigenvalue weighted by molar-refractivity contribution is 0.221. The van der Waals surface area contributed by atoms with Crippen LogP contribution in [0.1, 0.15) is 39.3 Å². The number of aryl methyl sites for hydroxylation is 1. The van der Waals surface area contributed by atoms with Gasteiger partial charge in [-0.3, -0.25) is 4.98 Å². The fraction of sp³-hybridized carbons (Fsp3) is 0.750. The van der Waals surface area contributed by atoms with E-state index in [0.29, 0.717) is 17.8 Å². The average molecular weight is 277 g/mol. The highest BCUT2D eigenvalue weighted by Gasteiger charge is 2.29. The molecule has 0 aliphatic carbocycles. The van der Waals surface area contributed by atoms with Crippen molar-refractivity contribution in [3.63, 3.8) is 0 Å². The zero-order chi connectivity index (χ0) is 14.5. The molecule has 0 spiro atoms. The van der Waals surface area contributed by atoms with Gasteiger partial charge in [0.2, 0.25) is 5.88 Å². The topological polar surface area (TPSA) is 38.2 Å². The fourth-order valence-electron chi connectivity index (χ4n) is 2.73. The third kappa shape index (κ3) is 4.44. The molecule has 2 unspecified atom stereocenters. The fourth-order valence-corrected chi connectivity index (χ4v) is 2.73. The molecule has 0 amide bonds. The van der Waals surface area contributed by atoms with Gasteiger partial charge in [-0.15, -0.1) is 0 Å². The third-order valence-electron chi connectivity index (χ3n) is 4.01. The van der Waals surface area contributed by atoms with Crippen molar-refractivity contribution < 1.29 is 4.74 Å². The molecule has 1 aliphatic rings. The normalized spacial score (nSPS) is 23.4. The van der Waals surface area contributed by atoms with E-state index < -0.39 is 0 Å². The molecular weight excluding hydrogens is 250 g/mol. The van der Waals surface area contributed by atoms with Gasteiger partial charge < -0.3 is 9.64 Å². The van der Waals surface area contributed by atoms with Crippen molar-refractivity contribution in [3.05, 3.63) is 18.1 Å². The lowest BCUT2D eigenvalue weighted by Gasteiger charge is -2.21. The number of ether oxygens (including phenoxy) is 1. The van der Waals surface area contributed by atoms with Crippen LogP contribution in [0.4, 0.5) is 0 Å². The second-order valence-corrected chi connectivity index (χ2v) is 6.44. The van der Waals surface area contributed by atoms with Crippen molar-refractivity contribution in [1.29, 1.82) is 0 Å². The van der Waals surface area contributed by atoms with E-state index in [9.17, 15) is 0 Å². The van der Waals surface area contributed by atoms with Gasteiger partial charge >= 0.3 is 0 Å². The van der Waals surface area contributed by atoms with Crippen LogP contribution in [0.25, 0.3) is 0 Å². The lowest BCUT2D eigenvalue weighted by Crippen LogP contribution is -2.29. The maximum atomic E-state index is 5.77. The monoisotopic (exact) mass is 277 g/mol. The van der Waals surface area contributed by atoms with E-state index in [4.69, 9.17) is 4.74 Å². The molecule has 20 heavy (non-hydrogen) atoms. The maximum absolute atomic E-state index is 5.77. The second kappa shape index (κ2) is 7.02. The molecule has 4 nitrogen and oxygen atoms in total. The summed E-state index contributed by atoms with van der Waals surface area (Å²) in [4.78, 5) is 11.0. The Morgan fingerprint density at radius 2 is 2.15 bits per heavy atom. The van der Waals surface area contributed by atoms with E-state index in [1.165, 1.54) is 19.4 Å². The molecule has 0 aromatic carbocycles. The molecule has 1 saturated heterocycles. The minimum Gasteiger partial charge on any atom is -0.476 e. The summed E-state index contributed by atoms with van der Waals surface area (Å²) in [6.45, 7) is 11.9. The molecule has 4 heteroatoms. The van der Waals surface area contributed by atoms with E-state index >= 15 is 0 Å². The van der Waals surface area contributed by atoms with Crippen LogP contribution < -0.4 is 4.74 Å². The summed E-state index contributed by atoms with van der Waals surface area (Å²) in [5.41, 5.74) is 0.923. The van der Waals surface area contributed by atoms with Crippen LogP contribution in [0.2, 0.25) is 0 Å². The van der Waals surface area contributed by atoms with Crippen LogP contribution in [0.15, 0.2) is 12.4 Å². The quantitative estimate of drug-likeness (QED) is 0.801. The second-order valence-electron chi connectivity index (χ2n) is 6.44. The van der Waals surface area contributed by atoms with Crippen molar-refractivity contribution in [3.8, 4) is 5.88 Å². The summed E-state index contributed by atoms with van der Waals surface area (Å²) in [5.74, 6) is 2.03. The Balaban J connectivity index is 1.76. The predicted molar refractivity (Wildman–Crippen MR) is 80.9 cm³/mol. The number of hydrogen-bond acceptors (Lipinski definition) is 4. The van der Waals surface area contributed by atoms with Crippen molar-refractivity contribution in [2.45, 2.75) is 46.6 Å². The smallest absolute Gasteiger partial charge is 0.232 e. The minimum absolute atomic E-state index is 0.611. The van der Waals surface area contributed by atoms with Gasteiger partial charge in [-0.1, -0.05) is 13.8 Å². The lowest BCUT2D eigenvalue weighted by atomic mass is 10.1. The van der Waals surface area contributed by atoms with Crippen LogP contribution in [0.3, 0.4) is 0 Å². The third-order valence-corrected chi connectivity index (χ3v) is 4.01. The summed E-state index contributed by atoms with van der Waals surface area (Å²) in [6, 6.07) is 0.673. The number of aromatic nitrogens is 2. The van der Waals surface area contributed by atoms with Crippen LogP contribution in [-0.4, -0.2) is 40.6 Å². The van der Waals surface area contributed by atoms with E-state index in [2.05, 4.69) is 35.6 Å². The molecule has 0 N–H and O–H groups in total. The van der Waals surface area contributed by atoms with Crippen LogP contribution in [-0.2, 0) is 0 Å². The predicted octanol–water partition coefficient (Wildman–Crippen LogP) is 2.92. The molecule has 0 saturated carbocycles. The Labute approximate surface area is 122 Å². The van der Waals surface area contributed by atoms with Crippen LogP contribution >= 0.6 is 0 Å². The van der Waals surface area contributed by atoms with Gasteiger partial charge in [-0.25, -0.2) is 4.98 Å². The standard InChI is InChI=1S/C16H27N3O/c1-12(2)5-6-19-10-15(7-14(19)4)11-20-16-9-17-13(3)8-18-16/h8-9,12,14-15H,5-7,10-11H2,1-4H3. The Hall–Kier alpha value is -1.16. The summed E-state index contributed by atoms with van der Waals surface area (Å²) < 4.78 is 5.77. The van der Waals surface area contributed by atoms with Gasteiger partial charge in [0.1, 0.15) is 0 Å². The molecule has 1 fully saturated rings. The number of hydrogen-bond donors (Lipinski definition) is 0. The minimum atomic E-state index is 0.611. The largest absolute Gasteiger partial charge is 0.476 e. The summed E-state index contributed by atoms with van der Waals surface area (Å²) >= 11 is 0. The first-order chi connectivity index (χ1) is 9.54. The first-order valence-corrected chi connectivity index (χ1v) is 7.70. The number of likely N-dealkylation sites (tertiary alicyclic amines) is 1. The highest BCUT2D eigenvalue weighted by molar-refractivity contribution is 5.06. The van der Waals surface area contributed by atoms with Gasteiger partial charge in [-0.05, 0) is 39.2 Å². The van der Waals surface area contributed by atoms with Crippen molar-refractivity contribution in [2.75, 3.05) is 19.7 Å². The van der Waals surface area contributed by atoms with Crippen molar-refractivity contribution >= 4 is 0 Å². The summed E-state index contributed by atoms with van der Waals surface area (Å²) in [5, 5.41) is 0. The van der Waals surface area contributed by atoms with E-state index in [1.807, 2.05) is 6.92 Å². The SMILES string of the molecule is Cc1cnc(OCC2CC(C)N(CCC(C)C)C2)cn1. The van der Waals surface area contributed by atoms with Crippen LogP contribution in [0.5, 0.6) is 5.88 Å². The molecule has 0 bridgehead atoms. The summed E-state index contributed by atoms with van der Waals surface area (Å²) in [6.07, 6.45) is 5.96. The van der Waals surface area contributed by atoms with Gasteiger partial charge in [0.05, 0.1) is 24.7 Å². The molecule has 1 aromatic rings. The van der Waals surface area contributed by atoms with E-state index in [1.54, 1.807) is 12.4 Å². The maximum Gasteiger partial charge on any atom is 0.232 e. The Morgan fingerprint density at radius 3 is 2.80 bits per heavy atom.